The highest BCUT2D eigenvalue weighted by molar-refractivity contribution is 14.1. The van der Waals surface area contributed by atoms with Crippen LogP contribution in [0.1, 0.15) is 206 Å². The monoisotopic (exact) mass is 1450 g/mol. The lowest BCUT2D eigenvalue weighted by Gasteiger charge is -2.21. The average molecular weight is 1450 g/mol. The Balaban J connectivity index is 0. The third-order valence-electron chi connectivity index (χ3n) is 17.3. The van der Waals surface area contributed by atoms with Gasteiger partial charge >= 0.3 is 5.97 Å². The van der Waals surface area contributed by atoms with Crippen molar-refractivity contribution >= 4 is 74.0 Å². The Labute approximate surface area is 571 Å². The third kappa shape index (κ3) is 42.6. The lowest BCUT2D eigenvalue weighted by Crippen LogP contribution is -2.32. The van der Waals surface area contributed by atoms with E-state index >= 15 is 0 Å². The highest BCUT2D eigenvalue weighted by Gasteiger charge is 2.34. The van der Waals surface area contributed by atoms with Gasteiger partial charge in [-0.1, -0.05) is 92.2 Å². The van der Waals surface area contributed by atoms with Crippen LogP contribution in [0.25, 0.3) is 0 Å². The summed E-state index contributed by atoms with van der Waals surface area (Å²) in [4.78, 5) is 76.3. The zero-order valence-corrected chi connectivity index (χ0v) is 63.5. The van der Waals surface area contributed by atoms with Crippen LogP contribution in [0.5, 0.6) is 0 Å². The Kier molecular flexibility index (Phi) is 52.2. The number of ether oxygens (including phenoxy) is 3. The maximum atomic E-state index is 11.7. The first-order valence-electron chi connectivity index (χ1n) is 34.2. The molecule has 5 rings (SSSR count). The normalized spacial score (nSPS) is 21.9. The van der Waals surface area contributed by atoms with Gasteiger partial charge in [-0.3, -0.25) is 28.8 Å². The van der Waals surface area contributed by atoms with Gasteiger partial charge in [-0.25, -0.2) is 0 Å². The summed E-state index contributed by atoms with van der Waals surface area (Å²) >= 11 is 5.72. The molecule has 5 heterocycles. The Morgan fingerprint density at radius 3 is 1.18 bits per heavy atom. The third-order valence-corrected chi connectivity index (χ3v) is 18.9. The summed E-state index contributed by atoms with van der Waals surface area (Å²) in [5, 5.41) is 20.3. The number of aliphatic hydroxyl groups is 1. The second kappa shape index (κ2) is 52.6. The molecular weight excluding hydrogens is 1320 g/mol. The highest BCUT2D eigenvalue weighted by Crippen LogP contribution is 2.30. The van der Waals surface area contributed by atoms with Crippen LogP contribution in [0.4, 0.5) is 0 Å². The maximum Gasteiger partial charge on any atom is 0.303 e. The van der Waals surface area contributed by atoms with E-state index in [4.69, 9.17) is 30.2 Å². The molecule has 528 valence electrons. The summed E-state index contributed by atoms with van der Waals surface area (Å²) in [6.45, 7) is 44.8. The van der Waals surface area contributed by atoms with Crippen LogP contribution in [-0.2, 0) is 43.0 Å². The standard InChI is InChI=1S/C13H25NO2.C13H23NO.C12H23NO2.C10H21NO3.C10H19NO2.C8H14INO.C5H9Br/c1-10(2)14-9-12(8-13(14)15)7-11(3)5-6-16-4;1-5-6-11(4)7-12-8-13(15)14(9-12)10(2)3;1-9(2)13-8-11(7-12(13)15)6-10(3)4-5-14;1-8(3-4-14-2)5-9(7-11)6-10(12)13;1-8(3-4-13-2)5-9-6-10(12)11-7-9;1-6(2)10-5-7(4-9)3-8(10)11;1-3-4-5(2)6/h10-12H,5-9H2,1-4H3;5,10-12H,1,6-9H2,2-4H3;9-11,14H,4-8H2,1-3H3;8-9H,3-7,11H2,1-2H3,(H,12,13);8-9H,3-7H2,1-2H3,(H,11,12);6-7H,3-5H2,1-2H3;3,5H,1,4H2,2H3/t2*11?,12-;10?,11-;2*8?,9-;7-;/m000001./s1. The highest BCUT2D eigenvalue weighted by atomic mass is 127. The van der Waals surface area contributed by atoms with Crippen molar-refractivity contribution < 1.29 is 53.2 Å². The minimum atomic E-state index is -0.764. The molecule has 5 aliphatic rings. The Morgan fingerprint density at radius 1 is 0.567 bits per heavy atom. The van der Waals surface area contributed by atoms with Crippen LogP contribution < -0.4 is 11.1 Å². The molecule has 0 aliphatic carbocycles. The second-order valence-electron chi connectivity index (χ2n) is 28.0. The molecule has 0 aromatic rings. The van der Waals surface area contributed by atoms with Crippen molar-refractivity contribution in [1.29, 1.82) is 0 Å². The van der Waals surface area contributed by atoms with Crippen molar-refractivity contribution in [3.05, 3.63) is 25.3 Å². The van der Waals surface area contributed by atoms with E-state index in [9.17, 15) is 28.8 Å². The van der Waals surface area contributed by atoms with Crippen LogP contribution >= 0.6 is 38.5 Å². The van der Waals surface area contributed by atoms with Gasteiger partial charge in [0.05, 0.1) is 0 Å². The first-order chi connectivity index (χ1) is 42.4. The summed E-state index contributed by atoms with van der Waals surface area (Å²) in [7, 11) is 5.14. The number of aliphatic hydroxyl groups excluding tert-OH is 1. The number of alkyl halides is 2. The van der Waals surface area contributed by atoms with Crippen molar-refractivity contribution in [2.75, 3.05) is 91.5 Å². The zero-order valence-electron chi connectivity index (χ0n) is 59.8. The second-order valence-corrected chi connectivity index (χ2v) is 30.4. The average Bonchev–Trinajstić information content (AvgIpc) is 3.76. The van der Waals surface area contributed by atoms with Crippen LogP contribution in [-0.4, -0.2) is 186 Å². The molecule has 5 amide bonds. The molecule has 0 saturated carbocycles. The first kappa shape index (κ1) is 89.4. The number of nitrogens with zero attached hydrogens (tertiary/aromatic N) is 4. The predicted octanol–water partition coefficient (Wildman–Crippen LogP) is 13.1. The van der Waals surface area contributed by atoms with Gasteiger partial charge in [0, 0.05) is 152 Å². The quantitative estimate of drug-likeness (QED) is 0.0274. The summed E-state index contributed by atoms with van der Waals surface area (Å²) in [5.74, 6) is 6.61. The number of carboxylic acids is 1. The Bertz CT molecular complexity index is 1950. The van der Waals surface area contributed by atoms with Gasteiger partial charge in [-0.2, -0.15) is 0 Å². The molecule has 5 saturated heterocycles. The fourth-order valence-corrected chi connectivity index (χ4v) is 13.1. The molecule has 0 aromatic carbocycles. The number of nitrogens with one attached hydrogen (secondary N) is 1. The van der Waals surface area contributed by atoms with Crippen LogP contribution in [0.3, 0.4) is 0 Å². The van der Waals surface area contributed by atoms with Crippen LogP contribution in [0.2, 0.25) is 0 Å². The molecule has 90 heavy (non-hydrogen) atoms. The number of nitrogens with two attached hydrogens (primary N) is 1. The molecule has 0 bridgehead atoms. The molecule has 12 atom stereocenters. The minimum Gasteiger partial charge on any atom is -0.481 e. The van der Waals surface area contributed by atoms with Gasteiger partial charge < -0.3 is 55.1 Å². The van der Waals surface area contributed by atoms with Crippen LogP contribution in [0.15, 0.2) is 25.3 Å². The van der Waals surface area contributed by atoms with Crippen molar-refractivity contribution in [1.82, 2.24) is 24.9 Å². The number of carbonyl (C=O) groups is 6. The number of carboxylic acid groups (broad SMARTS) is 1. The van der Waals surface area contributed by atoms with Crippen molar-refractivity contribution in [2.45, 2.75) is 235 Å². The van der Waals surface area contributed by atoms with E-state index in [1.54, 1.807) is 21.3 Å². The van der Waals surface area contributed by atoms with Gasteiger partial charge in [-0.15, -0.1) is 13.2 Å². The van der Waals surface area contributed by atoms with E-state index in [1.165, 1.54) is 0 Å². The zero-order chi connectivity index (χ0) is 69.1. The SMILES string of the molecule is C=CCC(C)Br.C=CCC(C)C[C@H]1CC(=O)N(C(C)C)C1.CC(C)N1C[C@@H](CI)CC1=O.CC(CCO)C[C@H]1CC(=O)N(C(C)C)C1.COCCC(C)C[C@@H]1CNC(=O)C1.COCCC(C)C[C@H](CN)CC(=O)O.COCCC(C)C[C@H]1CC(=O)N(C(C)C)C1. The van der Waals surface area contributed by atoms with Crippen molar-refractivity contribution in [3.63, 3.8) is 0 Å². The molecule has 17 nitrogen and oxygen atoms in total. The van der Waals surface area contributed by atoms with Gasteiger partial charge in [0.2, 0.25) is 29.5 Å². The Morgan fingerprint density at radius 2 is 0.911 bits per heavy atom. The van der Waals surface area contributed by atoms with E-state index in [1.807, 2.05) is 31.8 Å². The number of amides is 5. The number of hydrogen-bond donors (Lipinski definition) is 4. The first-order valence-corrected chi connectivity index (χ1v) is 36.7. The molecule has 5 aliphatic heterocycles. The topological polar surface area (TPSA) is 222 Å². The Hall–Kier alpha value is -2.69. The fourth-order valence-electron chi connectivity index (χ4n) is 12.3. The molecule has 0 radical (unpaired) electrons. The summed E-state index contributed by atoms with van der Waals surface area (Å²) in [6, 6.07) is 1.43. The van der Waals surface area contributed by atoms with Gasteiger partial charge in [0.1, 0.15) is 0 Å². The number of carbonyl (C=O) groups excluding carboxylic acids is 5. The van der Waals surface area contributed by atoms with E-state index in [0.717, 1.165) is 153 Å². The van der Waals surface area contributed by atoms with Gasteiger partial charge in [0.25, 0.3) is 0 Å². The number of halogens is 2. The number of rotatable bonds is 33. The molecular formula is C71H134BrIN6O11. The lowest BCUT2D eigenvalue weighted by atomic mass is 9.91. The lowest BCUT2D eigenvalue weighted by molar-refractivity contribution is -0.138. The minimum absolute atomic E-state index is 0.0966. The predicted molar refractivity (Wildman–Crippen MR) is 383 cm³/mol. The number of hydrogen-bond acceptors (Lipinski definition) is 11. The van der Waals surface area contributed by atoms with Gasteiger partial charge in [0.15, 0.2) is 0 Å². The van der Waals surface area contributed by atoms with Gasteiger partial charge in [-0.05, 0) is 198 Å². The smallest absolute Gasteiger partial charge is 0.303 e. The summed E-state index contributed by atoms with van der Waals surface area (Å²) in [6.07, 6.45) is 19.2. The molecule has 0 spiro atoms. The summed E-state index contributed by atoms with van der Waals surface area (Å²) < 4.78 is 16.2. The van der Waals surface area contributed by atoms with Crippen molar-refractivity contribution in [3.8, 4) is 0 Å². The molecule has 6 unspecified atom stereocenters. The molecule has 5 fully saturated rings. The van der Waals surface area contributed by atoms with E-state index in [-0.39, 0.29) is 24.9 Å². The largest absolute Gasteiger partial charge is 0.481 e. The molecule has 0 aromatic heterocycles. The van der Waals surface area contributed by atoms with Crippen LogP contribution in [0, 0.1) is 65.1 Å². The van der Waals surface area contributed by atoms with E-state index < -0.39 is 5.97 Å². The van der Waals surface area contributed by atoms with E-state index in [2.05, 4.69) is 154 Å². The summed E-state index contributed by atoms with van der Waals surface area (Å²) in [5.41, 5.74) is 5.50. The fraction of sp³-hybridized carbons (Fsp3) is 0.859. The van der Waals surface area contributed by atoms with E-state index in [0.29, 0.717) is 125 Å². The number of allylic oxidation sites excluding steroid dienone is 2. The maximum absolute atomic E-state index is 11.7. The molecule has 5 N–H and O–H groups in total. The number of aliphatic carboxylic acids is 1. The molecule has 19 heteroatoms. The number of methoxy groups -OCH3 is 3. The number of likely N-dealkylation sites (tertiary alicyclic amines) is 4. The van der Waals surface area contributed by atoms with Crippen molar-refractivity contribution in [2.24, 2.45) is 70.8 Å².